The summed E-state index contributed by atoms with van der Waals surface area (Å²) in [5, 5.41) is 10.9. The summed E-state index contributed by atoms with van der Waals surface area (Å²) in [7, 11) is 0. The van der Waals surface area contributed by atoms with Gasteiger partial charge in [0.15, 0.2) is 0 Å². The number of hydrogen-bond donors (Lipinski definition) is 2. The molecule has 18 heavy (non-hydrogen) atoms. The molecule has 0 amide bonds. The number of fused-ring (bicyclic) bond motifs is 1. The van der Waals surface area contributed by atoms with Gasteiger partial charge in [-0.05, 0) is 25.2 Å². The zero-order chi connectivity index (χ0) is 13.1. The monoisotopic (exact) mass is 246 g/mol. The Kier molecular flexibility index (Phi) is 3.67. The molecule has 0 saturated heterocycles. The molecule has 1 heterocycles. The van der Waals surface area contributed by atoms with E-state index in [0.717, 1.165) is 13.1 Å². The highest BCUT2D eigenvalue weighted by atomic mass is 16.3. The van der Waals surface area contributed by atoms with Crippen LogP contribution in [0.25, 0.3) is 10.9 Å². The third-order valence-corrected chi connectivity index (χ3v) is 3.27. The number of nitrogens with zero attached hydrogens (tertiary/aromatic N) is 1. The van der Waals surface area contributed by atoms with E-state index in [0.29, 0.717) is 23.0 Å². The molecule has 2 aromatic rings. The fourth-order valence-corrected chi connectivity index (χ4v) is 2.08. The number of pyridine rings is 1. The number of hydrogen-bond acceptors (Lipinski definition) is 3. The second-order valence-electron chi connectivity index (χ2n) is 4.29. The molecule has 96 valence electrons. The van der Waals surface area contributed by atoms with E-state index in [-0.39, 0.29) is 11.3 Å². The molecule has 0 unspecified atom stereocenters. The predicted molar refractivity (Wildman–Crippen MR) is 72.9 cm³/mol. The second kappa shape index (κ2) is 5.23. The van der Waals surface area contributed by atoms with Crippen LogP contribution in [-0.4, -0.2) is 28.1 Å². The van der Waals surface area contributed by atoms with Crippen molar-refractivity contribution in [2.75, 3.05) is 13.1 Å². The minimum absolute atomic E-state index is 0.0984. The standard InChI is InChI=1S/C14H18N2O2/c1-3-16(4-2)9-11-13(17)10-7-5-6-8-12(10)15-14(11)18/h5-8H,3-4,9H2,1-2H3,(H2,15,17,18). The van der Waals surface area contributed by atoms with Crippen LogP contribution in [0.2, 0.25) is 0 Å². The van der Waals surface area contributed by atoms with Gasteiger partial charge in [-0.1, -0.05) is 26.0 Å². The van der Waals surface area contributed by atoms with Crippen molar-refractivity contribution in [3.05, 3.63) is 40.2 Å². The van der Waals surface area contributed by atoms with Crippen LogP contribution >= 0.6 is 0 Å². The van der Waals surface area contributed by atoms with Crippen molar-refractivity contribution in [2.24, 2.45) is 0 Å². The molecular formula is C14H18N2O2. The van der Waals surface area contributed by atoms with Crippen LogP contribution in [0, 0.1) is 0 Å². The smallest absolute Gasteiger partial charge is 0.256 e. The summed E-state index contributed by atoms with van der Waals surface area (Å²) in [4.78, 5) is 16.9. The van der Waals surface area contributed by atoms with E-state index in [2.05, 4.69) is 9.88 Å². The van der Waals surface area contributed by atoms with Gasteiger partial charge in [0.25, 0.3) is 5.56 Å². The number of nitrogens with one attached hydrogen (secondary N) is 1. The largest absolute Gasteiger partial charge is 0.507 e. The van der Waals surface area contributed by atoms with Crippen molar-refractivity contribution >= 4 is 10.9 Å². The number of H-pyrrole nitrogens is 1. The fourth-order valence-electron chi connectivity index (χ4n) is 2.08. The molecule has 2 rings (SSSR count). The van der Waals surface area contributed by atoms with Gasteiger partial charge in [-0.15, -0.1) is 0 Å². The molecule has 2 N–H and O–H groups in total. The molecule has 1 aromatic carbocycles. The molecule has 0 atom stereocenters. The molecule has 4 nitrogen and oxygen atoms in total. The highest BCUT2D eigenvalue weighted by molar-refractivity contribution is 5.85. The Labute approximate surface area is 106 Å². The molecule has 0 spiro atoms. The summed E-state index contributed by atoms with van der Waals surface area (Å²) in [6.45, 7) is 6.25. The van der Waals surface area contributed by atoms with Gasteiger partial charge >= 0.3 is 0 Å². The van der Waals surface area contributed by atoms with Crippen molar-refractivity contribution in [3.63, 3.8) is 0 Å². The van der Waals surface area contributed by atoms with E-state index >= 15 is 0 Å². The minimum atomic E-state index is -0.210. The second-order valence-corrected chi connectivity index (χ2v) is 4.29. The van der Waals surface area contributed by atoms with Gasteiger partial charge in [-0.25, -0.2) is 0 Å². The van der Waals surface area contributed by atoms with E-state index in [1.54, 1.807) is 6.07 Å². The average Bonchev–Trinajstić information content (AvgIpc) is 2.39. The topological polar surface area (TPSA) is 56.3 Å². The van der Waals surface area contributed by atoms with Crippen molar-refractivity contribution < 1.29 is 5.11 Å². The molecule has 0 aliphatic rings. The van der Waals surface area contributed by atoms with Gasteiger partial charge < -0.3 is 10.1 Å². The third-order valence-electron chi connectivity index (χ3n) is 3.27. The summed E-state index contributed by atoms with van der Waals surface area (Å²) >= 11 is 0. The Hall–Kier alpha value is -1.81. The summed E-state index contributed by atoms with van der Waals surface area (Å²) in [5.74, 6) is 0.0984. The highest BCUT2D eigenvalue weighted by Crippen LogP contribution is 2.25. The quantitative estimate of drug-likeness (QED) is 0.868. The number of aromatic hydroxyl groups is 1. The molecule has 1 aromatic heterocycles. The van der Waals surface area contributed by atoms with Crippen molar-refractivity contribution in [1.82, 2.24) is 9.88 Å². The summed E-state index contributed by atoms with van der Waals surface area (Å²) in [6.07, 6.45) is 0. The number of aromatic amines is 1. The number of para-hydroxylation sites is 1. The minimum Gasteiger partial charge on any atom is -0.507 e. The first-order valence-electron chi connectivity index (χ1n) is 6.22. The average molecular weight is 246 g/mol. The lowest BCUT2D eigenvalue weighted by atomic mass is 10.1. The zero-order valence-corrected chi connectivity index (χ0v) is 10.7. The molecule has 4 heteroatoms. The maximum atomic E-state index is 12.0. The molecule has 0 bridgehead atoms. The van der Waals surface area contributed by atoms with E-state index in [1.807, 2.05) is 32.0 Å². The third kappa shape index (κ3) is 2.24. The summed E-state index contributed by atoms with van der Waals surface area (Å²) in [6, 6.07) is 7.29. The zero-order valence-electron chi connectivity index (χ0n) is 10.7. The molecule has 0 fully saturated rings. The van der Waals surface area contributed by atoms with Crippen LogP contribution in [0.5, 0.6) is 5.75 Å². The molecule has 0 saturated carbocycles. The lowest BCUT2D eigenvalue weighted by Gasteiger charge is -2.18. The van der Waals surface area contributed by atoms with Crippen molar-refractivity contribution in [3.8, 4) is 5.75 Å². The Bertz CT molecular complexity index is 600. The Balaban J connectivity index is 2.54. The van der Waals surface area contributed by atoms with E-state index in [4.69, 9.17) is 0 Å². The number of benzene rings is 1. The summed E-state index contributed by atoms with van der Waals surface area (Å²) in [5.41, 5.74) is 0.902. The molecule has 0 aliphatic heterocycles. The number of rotatable bonds is 4. The highest BCUT2D eigenvalue weighted by Gasteiger charge is 2.13. The maximum absolute atomic E-state index is 12.0. The first kappa shape index (κ1) is 12.6. The van der Waals surface area contributed by atoms with Gasteiger partial charge in [0.1, 0.15) is 5.75 Å². The van der Waals surface area contributed by atoms with E-state index in [9.17, 15) is 9.90 Å². The van der Waals surface area contributed by atoms with Crippen LogP contribution in [0.4, 0.5) is 0 Å². The normalized spacial score (nSPS) is 11.3. The van der Waals surface area contributed by atoms with E-state index < -0.39 is 0 Å². The van der Waals surface area contributed by atoms with Crippen molar-refractivity contribution in [2.45, 2.75) is 20.4 Å². The van der Waals surface area contributed by atoms with E-state index in [1.165, 1.54) is 0 Å². The first-order chi connectivity index (χ1) is 8.67. The SMILES string of the molecule is CCN(CC)Cc1c(O)c2ccccc2[nH]c1=O. The Morgan fingerprint density at radius 2 is 1.89 bits per heavy atom. The Morgan fingerprint density at radius 3 is 2.56 bits per heavy atom. The van der Waals surface area contributed by atoms with Crippen LogP contribution < -0.4 is 5.56 Å². The predicted octanol–water partition coefficient (Wildman–Crippen LogP) is 2.08. The first-order valence-corrected chi connectivity index (χ1v) is 6.22. The van der Waals surface area contributed by atoms with Crippen molar-refractivity contribution in [1.29, 1.82) is 0 Å². The molecule has 0 radical (unpaired) electrons. The molecular weight excluding hydrogens is 228 g/mol. The van der Waals surface area contributed by atoms with Gasteiger partial charge in [-0.2, -0.15) is 0 Å². The van der Waals surface area contributed by atoms with Crippen LogP contribution in [-0.2, 0) is 6.54 Å². The lowest BCUT2D eigenvalue weighted by molar-refractivity contribution is 0.290. The number of aromatic nitrogens is 1. The van der Waals surface area contributed by atoms with Gasteiger partial charge in [-0.3, -0.25) is 9.69 Å². The van der Waals surface area contributed by atoms with Gasteiger partial charge in [0.2, 0.25) is 0 Å². The van der Waals surface area contributed by atoms with Crippen LogP contribution in [0.3, 0.4) is 0 Å². The maximum Gasteiger partial charge on any atom is 0.256 e. The fraction of sp³-hybridized carbons (Fsp3) is 0.357. The van der Waals surface area contributed by atoms with Crippen LogP contribution in [0.15, 0.2) is 29.1 Å². The van der Waals surface area contributed by atoms with Gasteiger partial charge in [0.05, 0.1) is 11.1 Å². The molecule has 0 aliphatic carbocycles. The summed E-state index contributed by atoms with van der Waals surface area (Å²) < 4.78 is 0. The lowest BCUT2D eigenvalue weighted by Crippen LogP contribution is -2.26. The van der Waals surface area contributed by atoms with Crippen LogP contribution in [0.1, 0.15) is 19.4 Å². The van der Waals surface area contributed by atoms with Gasteiger partial charge in [0, 0.05) is 11.9 Å². The Morgan fingerprint density at radius 1 is 1.22 bits per heavy atom.